The smallest absolute Gasteiger partial charge is 0.220 e. The molecule has 3 rings (SSSR count). The average molecular weight is 330 g/mol. The van der Waals surface area contributed by atoms with Crippen LogP contribution in [0, 0.1) is 5.41 Å². The van der Waals surface area contributed by atoms with E-state index in [1.54, 1.807) is 0 Å². The Labute approximate surface area is 142 Å². The maximum atomic E-state index is 12.1. The van der Waals surface area contributed by atoms with E-state index in [1.165, 1.54) is 10.9 Å². The molecule has 2 aromatic rings. The molecule has 130 valence electrons. The fourth-order valence-corrected chi connectivity index (χ4v) is 3.58. The molecule has 1 amide bonds. The first-order valence-corrected chi connectivity index (χ1v) is 8.76. The molecule has 1 aliphatic rings. The zero-order valence-corrected chi connectivity index (χ0v) is 14.2. The number of amides is 1. The average Bonchev–Trinajstić information content (AvgIpc) is 3.17. The van der Waals surface area contributed by atoms with E-state index in [4.69, 9.17) is 4.74 Å². The van der Waals surface area contributed by atoms with Crippen LogP contribution in [0.1, 0.15) is 38.2 Å². The van der Waals surface area contributed by atoms with E-state index in [1.807, 2.05) is 25.3 Å². The number of para-hydroxylation sites is 1. The van der Waals surface area contributed by atoms with Gasteiger partial charge in [-0.05, 0) is 37.3 Å². The van der Waals surface area contributed by atoms with Crippen LogP contribution in [0.4, 0.5) is 0 Å². The maximum Gasteiger partial charge on any atom is 0.220 e. The van der Waals surface area contributed by atoms with Crippen molar-refractivity contribution in [1.29, 1.82) is 0 Å². The lowest BCUT2D eigenvalue weighted by atomic mass is 9.78. The Morgan fingerprint density at radius 2 is 2.29 bits per heavy atom. The van der Waals surface area contributed by atoms with Crippen LogP contribution >= 0.6 is 0 Å². The van der Waals surface area contributed by atoms with Crippen molar-refractivity contribution < 1.29 is 14.6 Å². The van der Waals surface area contributed by atoms with Crippen molar-refractivity contribution in [3.8, 4) is 0 Å². The molecule has 5 nitrogen and oxygen atoms in total. The van der Waals surface area contributed by atoms with Crippen molar-refractivity contribution in [2.45, 2.75) is 45.3 Å². The standard InChI is InChI=1S/C19H26N2O3/c1-2-19(10-12-24-18(19)23)9-7-17(22)20-11-8-14-13-21-16-6-4-3-5-15(14)16/h3-6,13,18,21,23H,2,7-12H2,1H3,(H,20,22)/t18?,19-/m1/s1. The molecule has 1 aromatic carbocycles. The van der Waals surface area contributed by atoms with E-state index in [0.29, 0.717) is 26.0 Å². The van der Waals surface area contributed by atoms with E-state index in [-0.39, 0.29) is 11.3 Å². The Morgan fingerprint density at radius 1 is 1.46 bits per heavy atom. The fourth-order valence-electron chi connectivity index (χ4n) is 3.58. The number of ether oxygens (including phenoxy) is 1. The van der Waals surface area contributed by atoms with Crippen LogP contribution in [-0.4, -0.2) is 35.4 Å². The number of aromatic amines is 1. The van der Waals surface area contributed by atoms with Crippen LogP contribution in [-0.2, 0) is 16.0 Å². The normalized spacial score (nSPS) is 23.7. The van der Waals surface area contributed by atoms with Crippen LogP contribution in [0.15, 0.2) is 30.5 Å². The predicted molar refractivity (Wildman–Crippen MR) is 93.5 cm³/mol. The minimum atomic E-state index is -0.735. The highest BCUT2D eigenvalue weighted by atomic mass is 16.6. The quantitative estimate of drug-likeness (QED) is 0.731. The number of aliphatic hydroxyl groups excluding tert-OH is 1. The number of hydrogen-bond donors (Lipinski definition) is 3. The second kappa shape index (κ2) is 7.36. The van der Waals surface area contributed by atoms with Crippen LogP contribution in [0.25, 0.3) is 10.9 Å². The van der Waals surface area contributed by atoms with Crippen LogP contribution in [0.2, 0.25) is 0 Å². The second-order valence-corrected chi connectivity index (χ2v) is 6.65. The number of aromatic nitrogens is 1. The highest BCUT2D eigenvalue weighted by Gasteiger charge is 2.41. The minimum Gasteiger partial charge on any atom is -0.367 e. The van der Waals surface area contributed by atoms with Gasteiger partial charge in [0.2, 0.25) is 5.91 Å². The van der Waals surface area contributed by atoms with Crippen molar-refractivity contribution in [3.63, 3.8) is 0 Å². The summed E-state index contributed by atoms with van der Waals surface area (Å²) in [6.45, 7) is 3.25. The number of carbonyl (C=O) groups is 1. The highest BCUT2D eigenvalue weighted by molar-refractivity contribution is 5.83. The number of benzene rings is 1. The molecule has 0 bridgehead atoms. The third-order valence-electron chi connectivity index (χ3n) is 5.35. The summed E-state index contributed by atoms with van der Waals surface area (Å²) in [5, 5.41) is 14.2. The second-order valence-electron chi connectivity index (χ2n) is 6.65. The molecule has 1 saturated heterocycles. The van der Waals surface area contributed by atoms with Gasteiger partial charge in [-0.15, -0.1) is 0 Å². The lowest BCUT2D eigenvalue weighted by Crippen LogP contribution is -2.33. The maximum absolute atomic E-state index is 12.1. The first-order chi connectivity index (χ1) is 11.6. The van der Waals surface area contributed by atoms with Crippen LogP contribution in [0.3, 0.4) is 0 Å². The SMILES string of the molecule is CC[C@@]1(CCC(=O)NCCc2c[nH]c3ccccc23)CCOC1O. The molecule has 1 aromatic heterocycles. The van der Waals surface area contributed by atoms with Gasteiger partial charge in [0.15, 0.2) is 6.29 Å². The molecule has 1 fully saturated rings. The first-order valence-electron chi connectivity index (χ1n) is 8.76. The molecule has 0 radical (unpaired) electrons. The molecular formula is C19H26N2O3. The molecule has 2 heterocycles. The number of nitrogens with one attached hydrogen (secondary N) is 2. The van der Waals surface area contributed by atoms with E-state index in [2.05, 4.69) is 22.4 Å². The first kappa shape index (κ1) is 17.0. The molecule has 0 aliphatic carbocycles. The van der Waals surface area contributed by atoms with E-state index >= 15 is 0 Å². The largest absolute Gasteiger partial charge is 0.367 e. The number of carbonyl (C=O) groups excluding carboxylic acids is 1. The van der Waals surface area contributed by atoms with E-state index in [0.717, 1.165) is 24.8 Å². The molecule has 0 spiro atoms. The van der Waals surface area contributed by atoms with Gasteiger partial charge >= 0.3 is 0 Å². The monoisotopic (exact) mass is 330 g/mol. The van der Waals surface area contributed by atoms with Crippen molar-refractivity contribution in [3.05, 3.63) is 36.0 Å². The summed E-state index contributed by atoms with van der Waals surface area (Å²) in [5.74, 6) is 0.0433. The Kier molecular flexibility index (Phi) is 5.21. The van der Waals surface area contributed by atoms with E-state index in [9.17, 15) is 9.90 Å². The van der Waals surface area contributed by atoms with Crippen molar-refractivity contribution in [2.24, 2.45) is 5.41 Å². The van der Waals surface area contributed by atoms with Crippen LogP contribution < -0.4 is 5.32 Å². The van der Waals surface area contributed by atoms with Gasteiger partial charge in [-0.2, -0.15) is 0 Å². The summed E-state index contributed by atoms with van der Waals surface area (Å²) in [6.07, 6.45) is 4.84. The van der Waals surface area contributed by atoms with Gasteiger partial charge in [-0.3, -0.25) is 4.79 Å². The molecule has 5 heteroatoms. The predicted octanol–water partition coefficient (Wildman–Crippen LogP) is 2.74. The molecular weight excluding hydrogens is 304 g/mol. The number of hydrogen-bond acceptors (Lipinski definition) is 3. The van der Waals surface area contributed by atoms with Gasteiger partial charge in [0.1, 0.15) is 0 Å². The number of aliphatic hydroxyl groups is 1. The summed E-state index contributed by atoms with van der Waals surface area (Å²) in [5.41, 5.74) is 2.09. The van der Waals surface area contributed by atoms with Gasteiger partial charge in [0.05, 0.1) is 6.61 Å². The Bertz CT molecular complexity index is 697. The summed E-state index contributed by atoms with van der Waals surface area (Å²) >= 11 is 0. The van der Waals surface area contributed by atoms with Crippen LogP contribution in [0.5, 0.6) is 0 Å². The highest BCUT2D eigenvalue weighted by Crippen LogP contribution is 2.41. The number of H-pyrrole nitrogens is 1. The van der Waals surface area contributed by atoms with Gasteiger partial charge in [-0.1, -0.05) is 25.1 Å². The third kappa shape index (κ3) is 3.47. The summed E-state index contributed by atoms with van der Waals surface area (Å²) in [4.78, 5) is 15.4. The zero-order valence-electron chi connectivity index (χ0n) is 14.2. The van der Waals surface area contributed by atoms with Gasteiger partial charge in [-0.25, -0.2) is 0 Å². The minimum absolute atomic E-state index is 0.0433. The number of fused-ring (bicyclic) bond motifs is 1. The molecule has 0 saturated carbocycles. The van der Waals surface area contributed by atoms with Crippen molar-refractivity contribution in [1.82, 2.24) is 10.3 Å². The zero-order chi connectivity index (χ0) is 17.0. The lowest BCUT2D eigenvalue weighted by molar-refractivity contribution is -0.129. The molecule has 3 N–H and O–H groups in total. The van der Waals surface area contributed by atoms with Gasteiger partial charge in [0.25, 0.3) is 0 Å². The molecule has 2 atom stereocenters. The summed E-state index contributed by atoms with van der Waals surface area (Å²) in [7, 11) is 0. The van der Waals surface area contributed by atoms with Crippen molar-refractivity contribution >= 4 is 16.8 Å². The lowest BCUT2D eigenvalue weighted by Gasteiger charge is -2.29. The van der Waals surface area contributed by atoms with E-state index < -0.39 is 6.29 Å². The fraction of sp³-hybridized carbons (Fsp3) is 0.526. The molecule has 1 unspecified atom stereocenters. The Balaban J connectivity index is 1.46. The van der Waals surface area contributed by atoms with Gasteiger partial charge < -0.3 is 20.1 Å². The summed E-state index contributed by atoms with van der Waals surface area (Å²) < 4.78 is 5.28. The Morgan fingerprint density at radius 3 is 3.04 bits per heavy atom. The van der Waals surface area contributed by atoms with Crippen molar-refractivity contribution in [2.75, 3.05) is 13.2 Å². The molecule has 24 heavy (non-hydrogen) atoms. The summed E-state index contributed by atoms with van der Waals surface area (Å²) in [6, 6.07) is 8.18. The Hall–Kier alpha value is -1.85. The molecule has 1 aliphatic heterocycles. The topological polar surface area (TPSA) is 74.4 Å². The van der Waals surface area contributed by atoms with Gasteiger partial charge in [0, 0.05) is 35.5 Å². The number of rotatable bonds is 7. The third-order valence-corrected chi connectivity index (χ3v) is 5.35.